The minimum absolute atomic E-state index is 0.00491. The summed E-state index contributed by atoms with van der Waals surface area (Å²) in [6.45, 7) is 4.31. The predicted octanol–water partition coefficient (Wildman–Crippen LogP) is 2.69. The fourth-order valence-corrected chi connectivity index (χ4v) is 1.68. The van der Waals surface area contributed by atoms with Crippen LogP contribution in [0.3, 0.4) is 0 Å². The van der Waals surface area contributed by atoms with Gasteiger partial charge in [-0.05, 0) is 19.5 Å². The molecule has 0 aliphatic rings. The molecule has 1 N–H and O–H groups in total. The van der Waals surface area contributed by atoms with Gasteiger partial charge in [0.2, 0.25) is 0 Å². The molecule has 0 aliphatic carbocycles. The molecule has 0 aromatic heterocycles. The molecule has 1 rings (SSSR count). The monoisotopic (exact) mass is 259 g/mol. The Morgan fingerprint density at radius 2 is 2.24 bits per heavy atom. The van der Waals surface area contributed by atoms with E-state index >= 15 is 0 Å². The number of carbonyl (C=O) groups is 1. The van der Waals surface area contributed by atoms with Crippen LogP contribution in [0.4, 0.5) is 4.39 Å². The summed E-state index contributed by atoms with van der Waals surface area (Å²) in [7, 11) is 0. The molecule has 1 aromatic rings. The number of benzene rings is 1. The third-order valence-electron chi connectivity index (χ3n) is 2.22. The molecule has 0 saturated carbocycles. The zero-order valence-electron chi connectivity index (χ0n) is 9.80. The highest BCUT2D eigenvalue weighted by molar-refractivity contribution is 6.30. The molecule has 94 valence electrons. The van der Waals surface area contributed by atoms with Crippen LogP contribution in [0.15, 0.2) is 18.2 Å². The van der Waals surface area contributed by atoms with Crippen molar-refractivity contribution in [1.82, 2.24) is 5.32 Å². The summed E-state index contributed by atoms with van der Waals surface area (Å²) < 4.78 is 18.7. The van der Waals surface area contributed by atoms with Crippen molar-refractivity contribution < 1.29 is 13.9 Å². The lowest BCUT2D eigenvalue weighted by molar-refractivity contribution is -0.145. The molecule has 1 aromatic carbocycles. The van der Waals surface area contributed by atoms with Gasteiger partial charge in [-0.1, -0.05) is 30.7 Å². The normalized spacial score (nSPS) is 12.2. The lowest BCUT2D eigenvalue weighted by atomic mass is 10.1. The fourth-order valence-electron chi connectivity index (χ4n) is 1.49. The van der Waals surface area contributed by atoms with Crippen molar-refractivity contribution in [3.8, 4) is 0 Å². The minimum Gasteiger partial charge on any atom is -0.465 e. The molecule has 0 spiro atoms. The highest BCUT2D eigenvalue weighted by atomic mass is 35.5. The van der Waals surface area contributed by atoms with E-state index in [1.54, 1.807) is 13.0 Å². The van der Waals surface area contributed by atoms with Gasteiger partial charge in [0.05, 0.1) is 11.6 Å². The number of rotatable bonds is 5. The Hall–Kier alpha value is -1.13. The molecule has 0 saturated heterocycles. The number of hydrogen-bond acceptors (Lipinski definition) is 3. The van der Waals surface area contributed by atoms with Crippen molar-refractivity contribution in [1.29, 1.82) is 0 Å². The first-order valence-corrected chi connectivity index (χ1v) is 5.83. The van der Waals surface area contributed by atoms with Crippen molar-refractivity contribution in [3.63, 3.8) is 0 Å². The van der Waals surface area contributed by atoms with Crippen LogP contribution in [-0.2, 0) is 9.53 Å². The van der Waals surface area contributed by atoms with E-state index in [0.29, 0.717) is 6.54 Å². The maximum absolute atomic E-state index is 13.8. The Morgan fingerprint density at radius 3 is 2.82 bits per heavy atom. The fraction of sp³-hybridized carbons (Fsp3) is 0.417. The number of carbonyl (C=O) groups excluding carboxylic acids is 1. The molecule has 0 amide bonds. The van der Waals surface area contributed by atoms with Gasteiger partial charge in [-0.3, -0.25) is 0 Å². The first kappa shape index (κ1) is 13.9. The molecule has 0 aliphatic heterocycles. The van der Waals surface area contributed by atoms with Crippen LogP contribution >= 0.6 is 11.6 Å². The lowest BCUT2D eigenvalue weighted by Crippen LogP contribution is -2.30. The molecular formula is C12H15ClFNO2. The highest BCUT2D eigenvalue weighted by Crippen LogP contribution is 2.24. The molecule has 0 heterocycles. The SMILES string of the molecule is CCNC(C(=O)OCC)c1cccc(Cl)c1F. The standard InChI is InChI=1S/C12H15ClFNO2/c1-3-15-11(12(16)17-4-2)8-6-5-7-9(13)10(8)14/h5-7,11,15H,3-4H2,1-2H3. The number of ether oxygens (including phenoxy) is 1. The van der Waals surface area contributed by atoms with E-state index in [9.17, 15) is 9.18 Å². The van der Waals surface area contributed by atoms with Crippen LogP contribution in [-0.4, -0.2) is 19.1 Å². The average Bonchev–Trinajstić information content (AvgIpc) is 2.30. The second kappa shape index (κ2) is 6.57. The molecule has 1 atom stereocenters. The van der Waals surface area contributed by atoms with Crippen LogP contribution in [0.2, 0.25) is 5.02 Å². The van der Waals surface area contributed by atoms with Gasteiger partial charge in [-0.25, -0.2) is 9.18 Å². The van der Waals surface area contributed by atoms with E-state index in [1.165, 1.54) is 12.1 Å². The second-order valence-corrected chi connectivity index (χ2v) is 3.79. The van der Waals surface area contributed by atoms with E-state index in [0.717, 1.165) is 0 Å². The molecule has 17 heavy (non-hydrogen) atoms. The summed E-state index contributed by atoms with van der Waals surface area (Å²) in [5.74, 6) is -1.09. The summed E-state index contributed by atoms with van der Waals surface area (Å²) in [6, 6.07) is 3.74. The van der Waals surface area contributed by atoms with Crippen molar-refractivity contribution in [2.45, 2.75) is 19.9 Å². The third-order valence-corrected chi connectivity index (χ3v) is 2.51. The molecule has 5 heteroatoms. The largest absolute Gasteiger partial charge is 0.465 e. The number of esters is 1. The molecule has 0 bridgehead atoms. The van der Waals surface area contributed by atoms with Crippen LogP contribution in [0.5, 0.6) is 0 Å². The molecular weight excluding hydrogens is 245 g/mol. The smallest absolute Gasteiger partial charge is 0.327 e. The summed E-state index contributed by atoms with van der Waals surface area (Å²) in [4.78, 5) is 11.7. The van der Waals surface area contributed by atoms with Crippen molar-refractivity contribution in [3.05, 3.63) is 34.6 Å². The summed E-state index contributed by atoms with van der Waals surface area (Å²) in [5.41, 5.74) is 0.206. The van der Waals surface area contributed by atoms with E-state index in [-0.39, 0.29) is 17.2 Å². The van der Waals surface area contributed by atoms with Gasteiger partial charge >= 0.3 is 5.97 Å². The maximum Gasteiger partial charge on any atom is 0.327 e. The first-order valence-electron chi connectivity index (χ1n) is 5.45. The average molecular weight is 260 g/mol. The zero-order chi connectivity index (χ0) is 12.8. The van der Waals surface area contributed by atoms with Crippen LogP contribution < -0.4 is 5.32 Å². The van der Waals surface area contributed by atoms with Crippen molar-refractivity contribution in [2.24, 2.45) is 0 Å². The van der Waals surface area contributed by atoms with Crippen LogP contribution in [0.1, 0.15) is 25.5 Å². The molecule has 3 nitrogen and oxygen atoms in total. The molecule has 0 radical (unpaired) electrons. The first-order chi connectivity index (χ1) is 8.11. The van der Waals surface area contributed by atoms with Gasteiger partial charge in [0.25, 0.3) is 0 Å². The van der Waals surface area contributed by atoms with E-state index in [1.807, 2.05) is 6.92 Å². The van der Waals surface area contributed by atoms with Gasteiger partial charge in [0.1, 0.15) is 11.9 Å². The van der Waals surface area contributed by atoms with Crippen LogP contribution in [0, 0.1) is 5.82 Å². The Kier molecular flexibility index (Phi) is 5.38. The summed E-state index contributed by atoms with van der Waals surface area (Å²) in [6.07, 6.45) is 0. The third kappa shape index (κ3) is 3.41. The molecule has 1 unspecified atom stereocenters. The molecule has 0 fully saturated rings. The Labute approximate surface area is 105 Å². The van der Waals surface area contributed by atoms with E-state index in [4.69, 9.17) is 16.3 Å². The van der Waals surface area contributed by atoms with Gasteiger partial charge in [0.15, 0.2) is 0 Å². The Morgan fingerprint density at radius 1 is 1.53 bits per heavy atom. The summed E-state index contributed by atoms with van der Waals surface area (Å²) in [5, 5.41) is 2.87. The van der Waals surface area contributed by atoms with Gasteiger partial charge in [-0.2, -0.15) is 0 Å². The maximum atomic E-state index is 13.8. The second-order valence-electron chi connectivity index (χ2n) is 3.39. The number of nitrogens with one attached hydrogen (secondary N) is 1. The number of halogens is 2. The van der Waals surface area contributed by atoms with Crippen molar-refractivity contribution >= 4 is 17.6 Å². The van der Waals surface area contributed by atoms with Gasteiger partial charge in [-0.15, -0.1) is 0 Å². The van der Waals surface area contributed by atoms with E-state index in [2.05, 4.69) is 5.32 Å². The highest BCUT2D eigenvalue weighted by Gasteiger charge is 2.24. The predicted molar refractivity (Wildman–Crippen MR) is 64.5 cm³/mol. The number of likely N-dealkylation sites (N-methyl/N-ethyl adjacent to an activating group) is 1. The Bertz CT molecular complexity index is 398. The number of hydrogen-bond donors (Lipinski definition) is 1. The quantitative estimate of drug-likeness (QED) is 0.827. The van der Waals surface area contributed by atoms with Crippen LogP contribution in [0.25, 0.3) is 0 Å². The Balaban J connectivity index is 3.05. The zero-order valence-corrected chi connectivity index (χ0v) is 10.6. The topological polar surface area (TPSA) is 38.3 Å². The van der Waals surface area contributed by atoms with Gasteiger partial charge in [0, 0.05) is 5.56 Å². The van der Waals surface area contributed by atoms with Crippen molar-refractivity contribution in [2.75, 3.05) is 13.2 Å². The van der Waals surface area contributed by atoms with Gasteiger partial charge < -0.3 is 10.1 Å². The summed E-state index contributed by atoms with van der Waals surface area (Å²) >= 11 is 5.68. The lowest BCUT2D eigenvalue weighted by Gasteiger charge is -2.17. The minimum atomic E-state index is -0.821. The van der Waals surface area contributed by atoms with E-state index < -0.39 is 17.8 Å².